The highest BCUT2D eigenvalue weighted by atomic mass is 16.5. The number of carbonyl (C=O) groups excluding carboxylic acids is 1. The molecule has 2 aromatic heterocycles. The van der Waals surface area contributed by atoms with Gasteiger partial charge in [-0.3, -0.25) is 4.79 Å². The van der Waals surface area contributed by atoms with Crippen LogP contribution in [0.5, 0.6) is 5.75 Å². The molecule has 0 spiro atoms. The Kier molecular flexibility index (Phi) is 6.03. The molecule has 0 saturated carbocycles. The largest absolute Gasteiger partial charge is 0.484 e. The summed E-state index contributed by atoms with van der Waals surface area (Å²) >= 11 is 0. The fraction of sp³-hybridized carbons (Fsp3) is 0.333. The summed E-state index contributed by atoms with van der Waals surface area (Å²) < 4.78 is 7.47. The van der Waals surface area contributed by atoms with E-state index in [1.165, 1.54) is 5.56 Å². The zero-order valence-electron chi connectivity index (χ0n) is 16.4. The molecule has 0 saturated heterocycles. The van der Waals surface area contributed by atoms with Crippen molar-refractivity contribution in [1.29, 1.82) is 0 Å². The minimum absolute atomic E-state index is 0.0204. The zero-order valence-corrected chi connectivity index (χ0v) is 16.4. The second kappa shape index (κ2) is 8.65. The molecule has 1 aromatic carbocycles. The van der Waals surface area contributed by atoms with Crippen LogP contribution in [0.15, 0.2) is 55.1 Å². The Morgan fingerprint density at radius 2 is 1.79 bits per heavy atom. The van der Waals surface area contributed by atoms with E-state index in [-0.39, 0.29) is 17.9 Å². The predicted molar refractivity (Wildman–Crippen MR) is 107 cm³/mol. The van der Waals surface area contributed by atoms with Gasteiger partial charge in [0.1, 0.15) is 5.75 Å². The molecule has 7 heteroatoms. The standard InChI is InChI=1S/C21H25N5O2/c1-21(2,3)16-5-7-17(8-6-16)28-15-18(27)22-11-13-26-14-12-25-20(26)19-23-9-4-10-24-19/h4-10,12,14H,11,13,15H2,1-3H3,(H,22,27). The third kappa shape index (κ3) is 5.16. The first-order chi connectivity index (χ1) is 13.4. The van der Waals surface area contributed by atoms with Crippen molar-refractivity contribution in [3.05, 3.63) is 60.7 Å². The minimum atomic E-state index is -0.169. The topological polar surface area (TPSA) is 81.9 Å². The number of nitrogens with one attached hydrogen (secondary N) is 1. The number of hydrogen-bond donors (Lipinski definition) is 1. The Balaban J connectivity index is 1.45. The summed E-state index contributed by atoms with van der Waals surface area (Å²) in [6.45, 7) is 7.48. The maximum atomic E-state index is 12.0. The first-order valence-electron chi connectivity index (χ1n) is 9.22. The van der Waals surface area contributed by atoms with Crippen molar-refractivity contribution in [2.75, 3.05) is 13.2 Å². The van der Waals surface area contributed by atoms with Crippen molar-refractivity contribution < 1.29 is 9.53 Å². The number of rotatable bonds is 7. The summed E-state index contributed by atoms with van der Waals surface area (Å²) in [6.07, 6.45) is 6.88. The van der Waals surface area contributed by atoms with Crippen LogP contribution >= 0.6 is 0 Å². The van der Waals surface area contributed by atoms with Gasteiger partial charge in [0.05, 0.1) is 0 Å². The van der Waals surface area contributed by atoms with Crippen molar-refractivity contribution in [2.24, 2.45) is 0 Å². The summed E-state index contributed by atoms with van der Waals surface area (Å²) in [6, 6.07) is 9.60. The number of carbonyl (C=O) groups is 1. The van der Waals surface area contributed by atoms with Gasteiger partial charge >= 0.3 is 0 Å². The van der Waals surface area contributed by atoms with Gasteiger partial charge in [0, 0.05) is 37.9 Å². The molecule has 28 heavy (non-hydrogen) atoms. The first-order valence-corrected chi connectivity index (χ1v) is 9.22. The molecule has 0 atom stereocenters. The van der Waals surface area contributed by atoms with Crippen LogP contribution < -0.4 is 10.1 Å². The summed E-state index contributed by atoms with van der Waals surface area (Å²) in [5, 5.41) is 2.85. The number of ether oxygens (including phenoxy) is 1. The molecule has 0 unspecified atom stereocenters. The molecule has 7 nitrogen and oxygen atoms in total. The molecular weight excluding hydrogens is 354 g/mol. The third-order valence-corrected chi connectivity index (χ3v) is 4.25. The fourth-order valence-electron chi connectivity index (χ4n) is 2.68. The maximum Gasteiger partial charge on any atom is 0.258 e. The van der Waals surface area contributed by atoms with Crippen LogP contribution in [0, 0.1) is 0 Å². The Hall–Kier alpha value is -3.22. The van der Waals surface area contributed by atoms with Crippen molar-refractivity contribution in [1.82, 2.24) is 24.8 Å². The van der Waals surface area contributed by atoms with E-state index in [2.05, 4.69) is 41.0 Å². The highest BCUT2D eigenvalue weighted by molar-refractivity contribution is 5.77. The van der Waals surface area contributed by atoms with Crippen LogP contribution in [-0.4, -0.2) is 38.6 Å². The molecule has 0 fully saturated rings. The molecule has 1 amide bonds. The molecular formula is C21H25N5O2. The monoisotopic (exact) mass is 379 g/mol. The first kappa shape index (κ1) is 19.5. The number of aromatic nitrogens is 4. The average molecular weight is 379 g/mol. The summed E-state index contributed by atoms with van der Waals surface area (Å²) in [4.78, 5) is 24.7. The van der Waals surface area contributed by atoms with Gasteiger partial charge in [-0.15, -0.1) is 0 Å². The summed E-state index contributed by atoms with van der Waals surface area (Å²) in [5.41, 5.74) is 1.31. The lowest BCUT2D eigenvalue weighted by atomic mass is 9.87. The van der Waals surface area contributed by atoms with Crippen molar-refractivity contribution in [3.63, 3.8) is 0 Å². The fourth-order valence-corrected chi connectivity index (χ4v) is 2.68. The Bertz CT molecular complexity index is 899. The molecule has 146 valence electrons. The van der Waals surface area contributed by atoms with E-state index in [0.717, 1.165) is 0 Å². The highest BCUT2D eigenvalue weighted by Gasteiger charge is 2.13. The number of hydrogen-bond acceptors (Lipinski definition) is 5. The number of amides is 1. The number of benzene rings is 1. The molecule has 2 heterocycles. The van der Waals surface area contributed by atoms with Crippen LogP contribution in [0.4, 0.5) is 0 Å². The second-order valence-electron chi connectivity index (χ2n) is 7.43. The van der Waals surface area contributed by atoms with Crippen molar-refractivity contribution >= 4 is 5.91 Å². The maximum absolute atomic E-state index is 12.0. The smallest absolute Gasteiger partial charge is 0.258 e. The van der Waals surface area contributed by atoms with Crippen LogP contribution in [0.3, 0.4) is 0 Å². The Morgan fingerprint density at radius 3 is 2.46 bits per heavy atom. The number of imidazole rings is 1. The zero-order chi connectivity index (χ0) is 20.0. The van der Waals surface area contributed by atoms with Gasteiger partial charge in [0.15, 0.2) is 18.3 Å². The summed E-state index contributed by atoms with van der Waals surface area (Å²) in [7, 11) is 0. The van der Waals surface area contributed by atoms with Gasteiger partial charge in [-0.2, -0.15) is 0 Å². The Labute approximate surface area is 164 Å². The molecule has 3 aromatic rings. The van der Waals surface area contributed by atoms with Gasteiger partial charge < -0.3 is 14.6 Å². The average Bonchev–Trinajstić information content (AvgIpc) is 3.15. The minimum Gasteiger partial charge on any atom is -0.484 e. The number of nitrogens with zero attached hydrogens (tertiary/aromatic N) is 4. The molecule has 3 rings (SSSR count). The molecule has 0 radical (unpaired) electrons. The normalized spacial score (nSPS) is 11.2. The molecule has 0 aliphatic carbocycles. The van der Waals surface area contributed by atoms with Gasteiger partial charge in [-0.1, -0.05) is 32.9 Å². The van der Waals surface area contributed by atoms with E-state index < -0.39 is 0 Å². The molecule has 1 N–H and O–H groups in total. The van der Waals surface area contributed by atoms with Gasteiger partial charge in [-0.25, -0.2) is 15.0 Å². The van der Waals surface area contributed by atoms with E-state index in [9.17, 15) is 4.79 Å². The third-order valence-electron chi connectivity index (χ3n) is 4.25. The van der Waals surface area contributed by atoms with E-state index in [1.807, 2.05) is 35.0 Å². The lowest BCUT2D eigenvalue weighted by Crippen LogP contribution is -2.31. The van der Waals surface area contributed by atoms with Gasteiger partial charge in [0.2, 0.25) is 0 Å². The van der Waals surface area contributed by atoms with E-state index >= 15 is 0 Å². The van der Waals surface area contributed by atoms with Crippen molar-refractivity contribution in [3.8, 4) is 17.4 Å². The van der Waals surface area contributed by atoms with Crippen LogP contribution in [0.1, 0.15) is 26.3 Å². The van der Waals surface area contributed by atoms with Crippen molar-refractivity contribution in [2.45, 2.75) is 32.7 Å². The molecule has 0 bridgehead atoms. The van der Waals surface area contributed by atoms with E-state index in [0.29, 0.717) is 30.5 Å². The van der Waals surface area contributed by atoms with Crippen LogP contribution in [-0.2, 0) is 16.8 Å². The molecule has 0 aliphatic rings. The second-order valence-corrected chi connectivity index (χ2v) is 7.43. The Morgan fingerprint density at radius 1 is 1.07 bits per heavy atom. The molecule has 0 aliphatic heterocycles. The van der Waals surface area contributed by atoms with Gasteiger partial charge in [-0.05, 0) is 29.2 Å². The lowest BCUT2D eigenvalue weighted by molar-refractivity contribution is -0.123. The highest BCUT2D eigenvalue weighted by Crippen LogP contribution is 2.24. The van der Waals surface area contributed by atoms with Gasteiger partial charge in [0.25, 0.3) is 5.91 Å². The van der Waals surface area contributed by atoms with E-state index in [1.54, 1.807) is 24.7 Å². The van der Waals surface area contributed by atoms with Crippen LogP contribution in [0.25, 0.3) is 11.6 Å². The van der Waals surface area contributed by atoms with E-state index in [4.69, 9.17) is 4.74 Å². The lowest BCUT2D eigenvalue weighted by Gasteiger charge is -2.19. The predicted octanol–water partition coefficient (Wildman–Crippen LogP) is 2.83. The van der Waals surface area contributed by atoms with Crippen LogP contribution in [0.2, 0.25) is 0 Å². The summed E-state index contributed by atoms with van der Waals surface area (Å²) in [5.74, 6) is 1.74. The quantitative estimate of drug-likeness (QED) is 0.683. The SMILES string of the molecule is CC(C)(C)c1ccc(OCC(=O)NCCn2ccnc2-c2ncccn2)cc1.